The van der Waals surface area contributed by atoms with Gasteiger partial charge < -0.3 is 10.5 Å². The van der Waals surface area contributed by atoms with E-state index in [0.717, 1.165) is 21.7 Å². The second-order valence-corrected chi connectivity index (χ2v) is 5.97. The molecule has 0 heterocycles. The molecule has 0 bridgehead atoms. The number of hydrogen-bond donors (Lipinski definition) is 1. The first-order valence-electron chi connectivity index (χ1n) is 6.14. The van der Waals surface area contributed by atoms with Gasteiger partial charge in [-0.2, -0.15) is 0 Å². The van der Waals surface area contributed by atoms with E-state index < -0.39 is 0 Å². The first-order valence-corrected chi connectivity index (χ1v) is 7.92. The van der Waals surface area contributed by atoms with E-state index in [1.165, 1.54) is 11.8 Å². The molecule has 20 heavy (non-hydrogen) atoms. The van der Waals surface area contributed by atoms with E-state index in [9.17, 15) is 0 Å². The molecule has 2 aromatic rings. The maximum Gasteiger partial charge on any atom is 0.159 e. The Balaban J connectivity index is 1.74. The Labute approximate surface area is 131 Å². The Hall–Kier alpha value is -1.46. The molecule has 0 radical (unpaired) electrons. The monoisotopic (exact) mass is 350 g/mol. The zero-order valence-electron chi connectivity index (χ0n) is 10.8. The summed E-state index contributed by atoms with van der Waals surface area (Å²) in [7, 11) is 0. The summed E-state index contributed by atoms with van der Waals surface area (Å²) >= 11 is 4.89. The number of aliphatic imine (C=N–C) groups is 1. The third-order valence-electron chi connectivity index (χ3n) is 2.39. The zero-order chi connectivity index (χ0) is 14.2. The number of ether oxygens (including phenoxy) is 1. The molecule has 0 spiro atoms. The van der Waals surface area contributed by atoms with Crippen LogP contribution in [0.1, 0.15) is 0 Å². The molecule has 0 saturated heterocycles. The molecule has 0 fully saturated rings. The van der Waals surface area contributed by atoms with Crippen LogP contribution in [0.5, 0.6) is 5.75 Å². The standard InChI is InChI=1S/C15H15BrN2OS/c16-12-5-4-8-14(11-12)19-9-10-20-15(17)18-13-6-2-1-3-7-13/h1-8,11H,9-10H2,(H2,17,18). The highest BCUT2D eigenvalue weighted by molar-refractivity contribution is 9.10. The van der Waals surface area contributed by atoms with Gasteiger partial charge in [-0.25, -0.2) is 4.99 Å². The average Bonchev–Trinajstić information content (AvgIpc) is 2.45. The molecule has 0 atom stereocenters. The highest BCUT2D eigenvalue weighted by Gasteiger charge is 1.98. The summed E-state index contributed by atoms with van der Waals surface area (Å²) in [6, 6.07) is 17.4. The highest BCUT2D eigenvalue weighted by Crippen LogP contribution is 2.18. The number of nitrogens with zero attached hydrogens (tertiary/aromatic N) is 1. The molecule has 0 aromatic heterocycles. The third-order valence-corrected chi connectivity index (χ3v) is 3.64. The largest absolute Gasteiger partial charge is 0.493 e. The molecule has 2 aromatic carbocycles. The average molecular weight is 351 g/mol. The van der Waals surface area contributed by atoms with Crippen LogP contribution in [0.2, 0.25) is 0 Å². The molecule has 0 unspecified atom stereocenters. The van der Waals surface area contributed by atoms with Gasteiger partial charge in [0, 0.05) is 10.2 Å². The quantitative estimate of drug-likeness (QED) is 0.499. The number of para-hydroxylation sites is 1. The molecule has 5 heteroatoms. The van der Waals surface area contributed by atoms with E-state index in [4.69, 9.17) is 10.5 Å². The fraction of sp³-hybridized carbons (Fsp3) is 0.133. The van der Waals surface area contributed by atoms with E-state index >= 15 is 0 Å². The normalized spacial score (nSPS) is 11.3. The minimum atomic E-state index is 0.550. The van der Waals surface area contributed by atoms with Crippen molar-refractivity contribution in [1.29, 1.82) is 0 Å². The topological polar surface area (TPSA) is 47.6 Å². The van der Waals surface area contributed by atoms with Crippen molar-refractivity contribution in [2.75, 3.05) is 12.4 Å². The van der Waals surface area contributed by atoms with Gasteiger partial charge in [-0.05, 0) is 30.3 Å². The van der Waals surface area contributed by atoms with Gasteiger partial charge in [-0.15, -0.1) is 0 Å². The fourth-order valence-corrected chi connectivity index (χ4v) is 2.45. The van der Waals surface area contributed by atoms with Crippen LogP contribution in [0, 0.1) is 0 Å². The van der Waals surface area contributed by atoms with Crippen molar-refractivity contribution in [2.24, 2.45) is 10.7 Å². The maximum atomic E-state index is 5.86. The van der Waals surface area contributed by atoms with Gasteiger partial charge in [0.25, 0.3) is 0 Å². The SMILES string of the molecule is NC(=Nc1ccccc1)SCCOc1cccc(Br)c1. The lowest BCUT2D eigenvalue weighted by atomic mass is 10.3. The summed E-state index contributed by atoms with van der Waals surface area (Å²) in [5.74, 6) is 1.60. The van der Waals surface area contributed by atoms with Gasteiger partial charge in [-0.1, -0.05) is 52.0 Å². The molecular weight excluding hydrogens is 336 g/mol. The highest BCUT2D eigenvalue weighted by atomic mass is 79.9. The van der Waals surface area contributed by atoms with Gasteiger partial charge in [0.15, 0.2) is 5.17 Å². The first-order chi connectivity index (χ1) is 9.74. The molecule has 0 amide bonds. The Kier molecular flexibility index (Phi) is 5.95. The molecular formula is C15H15BrN2OS. The number of benzene rings is 2. The Morgan fingerprint density at radius 3 is 2.70 bits per heavy atom. The summed E-state index contributed by atoms with van der Waals surface area (Å²) in [4.78, 5) is 4.31. The summed E-state index contributed by atoms with van der Waals surface area (Å²) in [6.07, 6.45) is 0. The van der Waals surface area contributed by atoms with E-state index in [1.54, 1.807) is 0 Å². The number of hydrogen-bond acceptors (Lipinski definition) is 3. The van der Waals surface area contributed by atoms with Gasteiger partial charge in [0.05, 0.1) is 12.3 Å². The Bertz CT molecular complexity index is 575. The number of halogens is 1. The molecule has 3 nitrogen and oxygen atoms in total. The number of rotatable bonds is 5. The van der Waals surface area contributed by atoms with Crippen LogP contribution >= 0.6 is 27.7 Å². The van der Waals surface area contributed by atoms with Crippen molar-refractivity contribution in [2.45, 2.75) is 0 Å². The van der Waals surface area contributed by atoms with Gasteiger partial charge in [0.2, 0.25) is 0 Å². The molecule has 104 valence electrons. The van der Waals surface area contributed by atoms with Crippen molar-refractivity contribution in [3.05, 3.63) is 59.1 Å². The summed E-state index contributed by atoms with van der Waals surface area (Å²) < 4.78 is 6.63. The van der Waals surface area contributed by atoms with Crippen molar-refractivity contribution >= 4 is 38.5 Å². The number of amidine groups is 1. The van der Waals surface area contributed by atoms with Gasteiger partial charge >= 0.3 is 0 Å². The van der Waals surface area contributed by atoms with E-state index in [0.29, 0.717) is 11.8 Å². The number of nitrogens with two attached hydrogens (primary N) is 1. The molecule has 0 saturated carbocycles. The van der Waals surface area contributed by atoms with Crippen LogP contribution in [0.15, 0.2) is 64.1 Å². The molecule has 2 N–H and O–H groups in total. The van der Waals surface area contributed by atoms with Crippen molar-refractivity contribution in [3.8, 4) is 5.75 Å². The lowest BCUT2D eigenvalue weighted by Crippen LogP contribution is -2.10. The number of thioether (sulfide) groups is 1. The molecule has 0 aliphatic heterocycles. The molecule has 2 rings (SSSR count). The minimum absolute atomic E-state index is 0.550. The zero-order valence-corrected chi connectivity index (χ0v) is 13.2. The van der Waals surface area contributed by atoms with Crippen LogP contribution in [0.25, 0.3) is 0 Å². The van der Waals surface area contributed by atoms with Crippen LogP contribution in [-0.2, 0) is 0 Å². The second kappa shape index (κ2) is 7.97. The van der Waals surface area contributed by atoms with Crippen molar-refractivity contribution in [1.82, 2.24) is 0 Å². The van der Waals surface area contributed by atoms with Crippen LogP contribution in [0.4, 0.5) is 5.69 Å². The van der Waals surface area contributed by atoms with Crippen molar-refractivity contribution < 1.29 is 4.74 Å². The van der Waals surface area contributed by atoms with Gasteiger partial charge in [0.1, 0.15) is 5.75 Å². The van der Waals surface area contributed by atoms with Crippen LogP contribution < -0.4 is 10.5 Å². The molecule has 0 aliphatic rings. The second-order valence-electron chi connectivity index (χ2n) is 3.94. The fourth-order valence-electron chi connectivity index (χ4n) is 1.52. The van der Waals surface area contributed by atoms with Crippen LogP contribution in [0.3, 0.4) is 0 Å². The first kappa shape index (κ1) is 14.9. The van der Waals surface area contributed by atoms with Crippen molar-refractivity contribution in [3.63, 3.8) is 0 Å². The van der Waals surface area contributed by atoms with E-state index in [1.807, 2.05) is 54.6 Å². The smallest absolute Gasteiger partial charge is 0.159 e. The summed E-state index contributed by atoms with van der Waals surface area (Å²) in [5, 5.41) is 0.550. The van der Waals surface area contributed by atoms with E-state index in [-0.39, 0.29) is 0 Å². The van der Waals surface area contributed by atoms with Gasteiger partial charge in [-0.3, -0.25) is 0 Å². The predicted octanol–water partition coefficient (Wildman–Crippen LogP) is 4.21. The lowest BCUT2D eigenvalue weighted by Gasteiger charge is -2.06. The Morgan fingerprint density at radius 1 is 1.15 bits per heavy atom. The van der Waals surface area contributed by atoms with Crippen LogP contribution in [-0.4, -0.2) is 17.5 Å². The third kappa shape index (κ3) is 5.27. The van der Waals surface area contributed by atoms with E-state index in [2.05, 4.69) is 20.9 Å². The maximum absolute atomic E-state index is 5.86. The summed E-state index contributed by atoms with van der Waals surface area (Å²) in [5.41, 5.74) is 6.73. The minimum Gasteiger partial charge on any atom is -0.493 e. The predicted molar refractivity (Wildman–Crippen MR) is 89.8 cm³/mol. The lowest BCUT2D eigenvalue weighted by molar-refractivity contribution is 0.344. The Morgan fingerprint density at radius 2 is 1.95 bits per heavy atom. The summed E-state index contributed by atoms with van der Waals surface area (Å²) in [6.45, 7) is 0.589. The molecule has 0 aliphatic carbocycles.